The molecule has 0 bridgehead atoms. The summed E-state index contributed by atoms with van der Waals surface area (Å²) in [5.41, 5.74) is -1.04. The van der Waals surface area contributed by atoms with Crippen LogP contribution < -0.4 is 5.32 Å². The molecule has 0 radical (unpaired) electrons. The van der Waals surface area contributed by atoms with Gasteiger partial charge in [0.25, 0.3) is 0 Å². The summed E-state index contributed by atoms with van der Waals surface area (Å²) in [6, 6.07) is -0.581. The van der Waals surface area contributed by atoms with Gasteiger partial charge in [0.05, 0.1) is 11.5 Å². The number of aliphatic hydroxyl groups is 1. The van der Waals surface area contributed by atoms with Crippen molar-refractivity contribution in [1.82, 2.24) is 5.32 Å². The first-order valence-electron chi connectivity index (χ1n) is 6.78. The summed E-state index contributed by atoms with van der Waals surface area (Å²) in [4.78, 5) is 0. The number of halogens is 3. The quantitative estimate of drug-likeness (QED) is 0.787. The summed E-state index contributed by atoms with van der Waals surface area (Å²) in [6.07, 6.45) is -1.62. The van der Waals surface area contributed by atoms with Crippen molar-refractivity contribution in [2.45, 2.75) is 56.8 Å². The molecule has 2 N–H and O–H groups in total. The molecule has 0 aromatic heterocycles. The maximum Gasteiger partial charge on any atom is 0.393 e. The van der Waals surface area contributed by atoms with E-state index in [0.29, 0.717) is 25.9 Å². The highest BCUT2D eigenvalue weighted by atomic mass is 19.4. The van der Waals surface area contributed by atoms with Gasteiger partial charge in [-0.2, -0.15) is 13.2 Å². The third kappa shape index (κ3) is 5.67. The van der Waals surface area contributed by atoms with Crippen LogP contribution in [-0.2, 0) is 4.74 Å². The van der Waals surface area contributed by atoms with Gasteiger partial charge in [-0.1, -0.05) is 12.8 Å². The molecule has 0 aromatic rings. The third-order valence-electron chi connectivity index (χ3n) is 3.78. The Bertz CT molecular complexity index is 269. The first-order valence-corrected chi connectivity index (χ1v) is 6.78. The molecule has 3 nitrogen and oxygen atoms in total. The van der Waals surface area contributed by atoms with Crippen LogP contribution in [0.4, 0.5) is 13.2 Å². The minimum atomic E-state index is -4.16. The van der Waals surface area contributed by atoms with Crippen LogP contribution in [-0.4, -0.2) is 43.2 Å². The number of hydrogen-bond acceptors (Lipinski definition) is 3. The molecule has 19 heavy (non-hydrogen) atoms. The normalized spacial score (nSPS) is 28.1. The lowest BCUT2D eigenvalue weighted by molar-refractivity contribution is -0.189. The number of nitrogens with one attached hydrogen (secondary N) is 1. The largest absolute Gasteiger partial charge is 0.393 e. The average molecular weight is 283 g/mol. The molecule has 3 unspecified atom stereocenters. The van der Waals surface area contributed by atoms with E-state index in [1.807, 2.05) is 0 Å². The van der Waals surface area contributed by atoms with Crippen LogP contribution in [0.15, 0.2) is 0 Å². The number of ether oxygens (including phenoxy) is 1. The molecule has 1 aliphatic rings. The van der Waals surface area contributed by atoms with Crippen LogP contribution in [0, 0.1) is 5.92 Å². The maximum atomic E-state index is 12.9. The van der Waals surface area contributed by atoms with Crippen molar-refractivity contribution >= 4 is 0 Å². The molecule has 0 aliphatic heterocycles. The fraction of sp³-hybridized carbons (Fsp3) is 1.00. The highest BCUT2D eigenvalue weighted by molar-refractivity contribution is 4.88. The van der Waals surface area contributed by atoms with Gasteiger partial charge in [-0.05, 0) is 19.8 Å². The van der Waals surface area contributed by atoms with E-state index in [-0.39, 0.29) is 13.0 Å². The molecule has 114 valence electrons. The van der Waals surface area contributed by atoms with Gasteiger partial charge in [0, 0.05) is 32.7 Å². The van der Waals surface area contributed by atoms with E-state index in [9.17, 15) is 18.3 Å². The molecule has 1 saturated carbocycles. The SMILES string of the molecule is COCCC(C)(O)CNC1CCCCC1C(F)(F)F. The third-order valence-corrected chi connectivity index (χ3v) is 3.78. The van der Waals surface area contributed by atoms with Crippen molar-refractivity contribution < 1.29 is 23.0 Å². The van der Waals surface area contributed by atoms with Gasteiger partial charge < -0.3 is 15.2 Å². The Morgan fingerprint density at radius 1 is 1.26 bits per heavy atom. The number of hydrogen-bond donors (Lipinski definition) is 2. The van der Waals surface area contributed by atoms with E-state index in [0.717, 1.165) is 6.42 Å². The van der Waals surface area contributed by atoms with Gasteiger partial charge in [-0.15, -0.1) is 0 Å². The van der Waals surface area contributed by atoms with Crippen LogP contribution in [0.3, 0.4) is 0 Å². The second-order valence-electron chi connectivity index (χ2n) is 5.66. The minimum absolute atomic E-state index is 0.160. The average Bonchev–Trinajstić information content (AvgIpc) is 2.33. The zero-order valence-electron chi connectivity index (χ0n) is 11.6. The molecule has 0 amide bonds. The first kappa shape index (κ1) is 16.7. The second-order valence-corrected chi connectivity index (χ2v) is 5.66. The predicted molar refractivity (Wildman–Crippen MR) is 66.9 cm³/mol. The zero-order valence-corrected chi connectivity index (χ0v) is 11.6. The summed E-state index contributed by atoms with van der Waals surface area (Å²) in [5, 5.41) is 12.9. The van der Waals surface area contributed by atoms with Crippen molar-refractivity contribution in [3.05, 3.63) is 0 Å². The lowest BCUT2D eigenvalue weighted by Gasteiger charge is -2.35. The van der Waals surface area contributed by atoms with Crippen LogP contribution in [0.2, 0.25) is 0 Å². The van der Waals surface area contributed by atoms with E-state index >= 15 is 0 Å². The summed E-state index contributed by atoms with van der Waals surface area (Å²) in [7, 11) is 1.53. The zero-order chi connectivity index (χ0) is 14.5. The van der Waals surface area contributed by atoms with Crippen LogP contribution in [0.25, 0.3) is 0 Å². The fourth-order valence-corrected chi connectivity index (χ4v) is 2.53. The van der Waals surface area contributed by atoms with Crippen molar-refractivity contribution in [2.75, 3.05) is 20.3 Å². The standard InChI is InChI=1S/C13H24F3NO2/c1-12(18,7-8-19-2)9-17-11-6-4-3-5-10(11)13(14,15)16/h10-11,17-18H,3-9H2,1-2H3. The lowest BCUT2D eigenvalue weighted by Crippen LogP contribution is -2.50. The number of rotatable bonds is 6. The first-order chi connectivity index (χ1) is 8.76. The molecule has 0 aromatic carbocycles. The van der Waals surface area contributed by atoms with Crippen LogP contribution in [0.5, 0.6) is 0 Å². The fourth-order valence-electron chi connectivity index (χ4n) is 2.53. The summed E-state index contributed by atoms with van der Waals surface area (Å²) in [6.45, 7) is 2.17. The van der Waals surface area contributed by atoms with Gasteiger partial charge in [0.1, 0.15) is 0 Å². The van der Waals surface area contributed by atoms with E-state index in [1.54, 1.807) is 6.92 Å². The minimum Gasteiger partial charge on any atom is -0.389 e. The Hall–Kier alpha value is -0.330. The highest BCUT2D eigenvalue weighted by Crippen LogP contribution is 2.37. The molecular weight excluding hydrogens is 259 g/mol. The molecule has 0 saturated heterocycles. The van der Waals surface area contributed by atoms with Crippen LogP contribution in [0.1, 0.15) is 39.0 Å². The molecular formula is C13H24F3NO2. The van der Waals surface area contributed by atoms with Gasteiger partial charge in [0.15, 0.2) is 0 Å². The Morgan fingerprint density at radius 3 is 2.47 bits per heavy atom. The molecule has 3 atom stereocenters. The number of methoxy groups -OCH3 is 1. The van der Waals surface area contributed by atoms with Gasteiger partial charge in [0.2, 0.25) is 0 Å². The van der Waals surface area contributed by atoms with E-state index in [4.69, 9.17) is 4.74 Å². The van der Waals surface area contributed by atoms with Gasteiger partial charge >= 0.3 is 6.18 Å². The molecule has 6 heteroatoms. The summed E-state index contributed by atoms with van der Waals surface area (Å²) < 4.78 is 43.6. The van der Waals surface area contributed by atoms with Gasteiger partial charge in [-0.3, -0.25) is 0 Å². The maximum absolute atomic E-state index is 12.9. The Kier molecular flexibility index (Phi) is 6.08. The highest BCUT2D eigenvalue weighted by Gasteiger charge is 2.45. The molecule has 1 rings (SSSR count). The van der Waals surface area contributed by atoms with Crippen molar-refractivity contribution in [1.29, 1.82) is 0 Å². The molecule has 0 spiro atoms. The van der Waals surface area contributed by atoms with E-state index in [1.165, 1.54) is 7.11 Å². The summed E-state index contributed by atoms with van der Waals surface area (Å²) >= 11 is 0. The topological polar surface area (TPSA) is 41.5 Å². The molecule has 1 fully saturated rings. The van der Waals surface area contributed by atoms with Crippen molar-refractivity contribution in [2.24, 2.45) is 5.92 Å². The van der Waals surface area contributed by atoms with Crippen molar-refractivity contribution in [3.63, 3.8) is 0 Å². The predicted octanol–water partition coefficient (Wildman–Crippen LogP) is 2.48. The smallest absolute Gasteiger partial charge is 0.389 e. The second kappa shape index (κ2) is 6.90. The van der Waals surface area contributed by atoms with Gasteiger partial charge in [-0.25, -0.2) is 0 Å². The Labute approximate surface area is 112 Å². The van der Waals surface area contributed by atoms with Crippen LogP contribution >= 0.6 is 0 Å². The van der Waals surface area contributed by atoms with E-state index in [2.05, 4.69) is 5.32 Å². The lowest BCUT2D eigenvalue weighted by atomic mass is 9.83. The monoisotopic (exact) mass is 283 g/mol. The van der Waals surface area contributed by atoms with E-state index < -0.39 is 23.7 Å². The molecule has 1 aliphatic carbocycles. The van der Waals surface area contributed by atoms with Crippen molar-refractivity contribution in [3.8, 4) is 0 Å². The Balaban J connectivity index is 2.49. The molecule has 0 heterocycles. The number of alkyl halides is 3. The Morgan fingerprint density at radius 2 is 1.89 bits per heavy atom. The summed E-state index contributed by atoms with van der Waals surface area (Å²) in [5.74, 6) is -1.29.